The van der Waals surface area contributed by atoms with Gasteiger partial charge in [0.25, 0.3) is 0 Å². The number of hydrogen-bond donors (Lipinski definition) is 0. The predicted octanol–water partition coefficient (Wildman–Crippen LogP) is 5.06. The number of fused-ring (bicyclic) bond motifs is 1. The third-order valence-corrected chi connectivity index (χ3v) is 7.60. The van der Waals surface area contributed by atoms with E-state index in [1.807, 2.05) is 44.2 Å². The largest absolute Gasteiger partial charge is 0.491 e. The van der Waals surface area contributed by atoms with Gasteiger partial charge in [-0.1, -0.05) is 30.3 Å². The van der Waals surface area contributed by atoms with Crippen LogP contribution >= 0.6 is 0 Å². The van der Waals surface area contributed by atoms with Crippen LogP contribution in [-0.2, 0) is 50.0 Å². The number of halogens is 3. The average Bonchev–Trinajstić information content (AvgIpc) is 3.38. The number of rotatable bonds is 12. The number of esters is 2. The molecule has 0 bridgehead atoms. The van der Waals surface area contributed by atoms with Crippen molar-refractivity contribution in [2.45, 2.75) is 85.7 Å². The molecule has 1 aliphatic rings. The Morgan fingerprint density at radius 1 is 1.13 bits per heavy atom. The van der Waals surface area contributed by atoms with Crippen LogP contribution in [0, 0.1) is 12.3 Å². The van der Waals surface area contributed by atoms with E-state index in [9.17, 15) is 22.8 Å². The maximum absolute atomic E-state index is 13.2. The molecular formula is C31H38F3N5O6. The Labute approximate surface area is 259 Å². The number of aryl methyl sites for hydroxylation is 2. The summed E-state index contributed by atoms with van der Waals surface area (Å²) in [7, 11) is 0. The Kier molecular flexibility index (Phi) is 10.8. The number of pyridine rings is 1. The van der Waals surface area contributed by atoms with Crippen molar-refractivity contribution in [3.8, 4) is 5.75 Å². The molecule has 11 nitrogen and oxygen atoms in total. The van der Waals surface area contributed by atoms with Gasteiger partial charge in [0, 0.05) is 32.4 Å². The van der Waals surface area contributed by atoms with Crippen molar-refractivity contribution in [3.05, 3.63) is 70.8 Å². The number of carbonyl (C=O) groups excluding carboxylic acids is 2. The highest BCUT2D eigenvalue weighted by atomic mass is 19.4. The molecule has 0 aliphatic carbocycles. The first-order chi connectivity index (χ1) is 21.3. The lowest BCUT2D eigenvalue weighted by Crippen LogP contribution is -2.36. The van der Waals surface area contributed by atoms with E-state index in [-0.39, 0.29) is 12.7 Å². The van der Waals surface area contributed by atoms with Gasteiger partial charge >= 0.3 is 18.1 Å². The Hall–Kier alpha value is -4.04. The summed E-state index contributed by atoms with van der Waals surface area (Å²) in [5.41, 5.74) is 2.59. The van der Waals surface area contributed by atoms with Crippen molar-refractivity contribution in [1.29, 1.82) is 0 Å². The summed E-state index contributed by atoms with van der Waals surface area (Å²) in [6.07, 6.45) is -1.88. The maximum Gasteiger partial charge on any atom is 0.491 e. The van der Waals surface area contributed by atoms with Crippen LogP contribution in [0.4, 0.5) is 13.2 Å². The second-order valence-corrected chi connectivity index (χ2v) is 11.4. The topological polar surface area (TPSA) is 118 Å². The zero-order valence-electron chi connectivity index (χ0n) is 26.0. The van der Waals surface area contributed by atoms with Crippen LogP contribution in [0.3, 0.4) is 0 Å². The summed E-state index contributed by atoms with van der Waals surface area (Å²) >= 11 is 0. The average molecular weight is 634 g/mol. The molecule has 0 unspecified atom stereocenters. The first kappa shape index (κ1) is 33.8. The van der Waals surface area contributed by atoms with Gasteiger partial charge in [-0.25, -0.2) is 4.79 Å². The fourth-order valence-corrected chi connectivity index (χ4v) is 4.99. The summed E-state index contributed by atoms with van der Waals surface area (Å²) in [5.74, 6) is -2.60. The third kappa shape index (κ3) is 8.57. The Morgan fingerprint density at radius 3 is 2.58 bits per heavy atom. The van der Waals surface area contributed by atoms with E-state index in [4.69, 9.17) is 14.2 Å². The van der Waals surface area contributed by atoms with Crippen molar-refractivity contribution in [1.82, 2.24) is 24.9 Å². The van der Waals surface area contributed by atoms with Gasteiger partial charge in [-0.3, -0.25) is 19.4 Å². The van der Waals surface area contributed by atoms with Crippen molar-refractivity contribution >= 4 is 11.9 Å². The van der Waals surface area contributed by atoms with Gasteiger partial charge < -0.3 is 18.9 Å². The van der Waals surface area contributed by atoms with E-state index in [0.29, 0.717) is 37.4 Å². The molecule has 2 atom stereocenters. The number of nitrogens with zero attached hydrogens (tertiary/aromatic N) is 5. The summed E-state index contributed by atoms with van der Waals surface area (Å²) in [5, 5.41) is 8.13. The van der Waals surface area contributed by atoms with Gasteiger partial charge in [0.2, 0.25) is 6.79 Å². The van der Waals surface area contributed by atoms with Crippen molar-refractivity contribution in [2.75, 3.05) is 13.3 Å². The maximum atomic E-state index is 13.2. The molecule has 2 aromatic heterocycles. The molecule has 0 amide bonds. The highest BCUT2D eigenvalue weighted by molar-refractivity contribution is 5.78. The summed E-state index contributed by atoms with van der Waals surface area (Å²) in [4.78, 5) is 31.1. The molecule has 0 spiro atoms. The zero-order valence-corrected chi connectivity index (χ0v) is 26.0. The minimum atomic E-state index is -5.21. The number of benzene rings is 1. The highest BCUT2D eigenvalue weighted by Crippen LogP contribution is 2.39. The molecule has 244 valence electrons. The molecule has 0 N–H and O–H groups in total. The molecule has 3 aromatic rings. The van der Waals surface area contributed by atoms with E-state index in [1.54, 1.807) is 30.9 Å². The molecular weight excluding hydrogens is 595 g/mol. The van der Waals surface area contributed by atoms with Crippen LogP contribution in [0.2, 0.25) is 0 Å². The van der Waals surface area contributed by atoms with Crippen LogP contribution in [0.25, 0.3) is 0 Å². The molecule has 1 aliphatic heterocycles. The van der Waals surface area contributed by atoms with Gasteiger partial charge in [0.15, 0.2) is 0 Å². The highest BCUT2D eigenvalue weighted by Gasteiger charge is 2.43. The standard InChI is InChI=1S/C31H38F3N5O6/c1-6-24-16-38(17-25-26(45-24)9-8-12-35-25)14-22-13-21(11-10-20(22)3)27(42-18-23-15-39(7-2)37-36-23)30(4,5)28(40)43-19-44-29(41)31(32,33)34/h8-13,15,24,27H,6-7,14,16-19H2,1-5H3/t24-,27+/m1/s1. The fourth-order valence-electron chi connectivity index (χ4n) is 4.99. The van der Waals surface area contributed by atoms with Gasteiger partial charge in [0.05, 0.1) is 30.0 Å². The quantitative estimate of drug-likeness (QED) is 0.198. The van der Waals surface area contributed by atoms with Gasteiger partial charge in [-0.2, -0.15) is 13.2 Å². The molecule has 1 aromatic carbocycles. The first-order valence-electron chi connectivity index (χ1n) is 14.7. The zero-order chi connectivity index (χ0) is 32.8. The Morgan fingerprint density at radius 2 is 1.89 bits per heavy atom. The van der Waals surface area contributed by atoms with E-state index < -0.39 is 36.4 Å². The fraction of sp³-hybridized carbons (Fsp3) is 0.516. The van der Waals surface area contributed by atoms with E-state index in [0.717, 1.165) is 29.0 Å². The smallest absolute Gasteiger partial charge is 0.487 e. The normalized spacial score (nSPS) is 16.3. The number of ether oxygens (including phenoxy) is 4. The Bertz CT molecular complexity index is 1480. The number of carbonyl (C=O) groups is 2. The molecule has 0 radical (unpaired) electrons. The molecule has 0 saturated heterocycles. The monoisotopic (exact) mass is 633 g/mol. The van der Waals surface area contributed by atoms with Gasteiger partial charge in [0.1, 0.15) is 17.5 Å². The van der Waals surface area contributed by atoms with Crippen LogP contribution in [-0.4, -0.2) is 62.4 Å². The number of alkyl halides is 3. The summed E-state index contributed by atoms with van der Waals surface area (Å²) in [6.45, 7) is 10.3. The van der Waals surface area contributed by atoms with Crippen LogP contribution in [0.1, 0.15) is 68.3 Å². The third-order valence-electron chi connectivity index (χ3n) is 7.60. The summed E-state index contributed by atoms with van der Waals surface area (Å²) < 4.78 is 60.9. The molecule has 0 saturated carbocycles. The van der Waals surface area contributed by atoms with Crippen molar-refractivity contribution in [3.63, 3.8) is 0 Å². The van der Waals surface area contributed by atoms with Crippen molar-refractivity contribution < 1.29 is 41.7 Å². The lowest BCUT2D eigenvalue weighted by atomic mass is 9.81. The number of hydrogen-bond acceptors (Lipinski definition) is 10. The first-order valence-corrected chi connectivity index (χ1v) is 14.7. The second-order valence-electron chi connectivity index (χ2n) is 11.4. The Balaban J connectivity index is 1.59. The molecule has 14 heteroatoms. The molecule has 3 heterocycles. The van der Waals surface area contributed by atoms with Crippen molar-refractivity contribution in [2.24, 2.45) is 5.41 Å². The van der Waals surface area contributed by atoms with Crippen LogP contribution in [0.15, 0.2) is 42.7 Å². The molecule has 4 rings (SSSR count). The van der Waals surface area contributed by atoms with Crippen LogP contribution in [0.5, 0.6) is 5.75 Å². The number of aromatic nitrogens is 4. The predicted molar refractivity (Wildman–Crippen MR) is 154 cm³/mol. The lowest BCUT2D eigenvalue weighted by Gasteiger charge is -2.33. The molecule has 0 fully saturated rings. The van der Waals surface area contributed by atoms with E-state index in [1.165, 1.54) is 0 Å². The minimum Gasteiger partial charge on any atom is -0.487 e. The summed E-state index contributed by atoms with van der Waals surface area (Å²) in [6, 6.07) is 9.49. The van der Waals surface area contributed by atoms with E-state index in [2.05, 4.69) is 31.9 Å². The minimum absolute atomic E-state index is 0.00224. The SMILES string of the molecule is CC[C@@H]1CN(Cc2cc([C@H](OCc3cn(CC)nn3)C(C)(C)C(=O)OCOC(=O)C(F)(F)F)ccc2C)Cc2ncccc2O1. The van der Waals surface area contributed by atoms with Crippen LogP contribution < -0.4 is 4.74 Å². The van der Waals surface area contributed by atoms with Gasteiger partial charge in [-0.15, -0.1) is 5.10 Å². The molecule has 45 heavy (non-hydrogen) atoms. The van der Waals surface area contributed by atoms with Gasteiger partial charge in [-0.05, 0) is 62.9 Å². The second kappa shape index (κ2) is 14.4. The van der Waals surface area contributed by atoms with E-state index >= 15 is 0 Å². The lowest BCUT2D eigenvalue weighted by molar-refractivity contribution is -0.213.